The maximum atomic E-state index is 12.1. The summed E-state index contributed by atoms with van der Waals surface area (Å²) < 4.78 is 5.00. The summed E-state index contributed by atoms with van der Waals surface area (Å²) in [5, 5.41) is 2.73. The van der Waals surface area contributed by atoms with Crippen LogP contribution in [-0.2, 0) is 14.3 Å². The van der Waals surface area contributed by atoms with Crippen molar-refractivity contribution in [2.75, 3.05) is 11.9 Å². The fourth-order valence-corrected chi connectivity index (χ4v) is 2.87. The number of hydrogen-bond donors (Lipinski definition) is 2. The van der Waals surface area contributed by atoms with Gasteiger partial charge in [0.25, 0.3) is 0 Å². The molecule has 1 amide bonds. The van der Waals surface area contributed by atoms with Crippen molar-refractivity contribution in [2.45, 2.75) is 12.8 Å². The minimum atomic E-state index is -0.942. The highest BCUT2D eigenvalue weighted by molar-refractivity contribution is 6.16. The van der Waals surface area contributed by atoms with E-state index in [1.165, 1.54) is 0 Å². The number of esters is 1. The molecule has 4 rings (SSSR count). The lowest BCUT2D eigenvalue weighted by Crippen LogP contribution is -2.22. The predicted octanol–water partition coefficient (Wildman–Crippen LogP) is 2.22. The van der Waals surface area contributed by atoms with E-state index in [4.69, 9.17) is 4.74 Å². The number of pyridine rings is 1. The summed E-state index contributed by atoms with van der Waals surface area (Å²) in [6, 6.07) is 7.27. The minimum Gasteiger partial charge on any atom is -0.465 e. The van der Waals surface area contributed by atoms with Gasteiger partial charge in [0.1, 0.15) is 5.82 Å². The second-order valence-corrected chi connectivity index (χ2v) is 5.46. The molecule has 3 aromatic rings. The smallest absolute Gasteiger partial charge is 0.323 e. The van der Waals surface area contributed by atoms with Crippen molar-refractivity contribution >= 4 is 28.6 Å². The molecule has 24 heavy (non-hydrogen) atoms. The molecule has 0 fully saturated rings. The Balaban J connectivity index is 1.79. The minimum absolute atomic E-state index is 0.230. The molecule has 0 saturated carbocycles. The monoisotopic (exact) mass is 322 g/mol. The van der Waals surface area contributed by atoms with E-state index in [1.807, 2.05) is 12.1 Å². The third-order valence-electron chi connectivity index (χ3n) is 3.94. The van der Waals surface area contributed by atoms with Gasteiger partial charge in [0.15, 0.2) is 5.92 Å². The maximum absolute atomic E-state index is 12.1. The van der Waals surface area contributed by atoms with Crippen molar-refractivity contribution in [3.05, 3.63) is 42.2 Å². The zero-order chi connectivity index (χ0) is 16.7. The Kier molecular flexibility index (Phi) is 3.26. The number of nitrogens with zero attached hydrogens (tertiary/aromatic N) is 2. The Morgan fingerprint density at radius 3 is 3.00 bits per heavy atom. The number of carbonyl (C=O) groups is 2. The van der Waals surface area contributed by atoms with E-state index in [2.05, 4.69) is 20.3 Å². The highest BCUT2D eigenvalue weighted by atomic mass is 16.5. The number of rotatable bonds is 3. The van der Waals surface area contributed by atoms with E-state index in [1.54, 1.807) is 31.5 Å². The van der Waals surface area contributed by atoms with Gasteiger partial charge >= 0.3 is 5.97 Å². The fourth-order valence-electron chi connectivity index (χ4n) is 2.87. The number of nitrogens with one attached hydrogen (secondary N) is 2. The largest absolute Gasteiger partial charge is 0.465 e. The summed E-state index contributed by atoms with van der Waals surface area (Å²) in [5.41, 5.74) is 3.51. The number of aromatic nitrogens is 3. The molecule has 7 heteroatoms. The van der Waals surface area contributed by atoms with Crippen molar-refractivity contribution in [3.8, 4) is 11.4 Å². The highest BCUT2D eigenvalue weighted by Gasteiger charge is 2.38. The Morgan fingerprint density at radius 2 is 2.25 bits per heavy atom. The molecule has 1 aromatic carbocycles. The molecule has 0 bridgehead atoms. The van der Waals surface area contributed by atoms with E-state index in [0.29, 0.717) is 22.6 Å². The van der Waals surface area contributed by atoms with Crippen molar-refractivity contribution in [3.63, 3.8) is 0 Å². The second-order valence-electron chi connectivity index (χ2n) is 5.46. The Bertz CT molecular complexity index is 949. The van der Waals surface area contributed by atoms with Crippen LogP contribution >= 0.6 is 0 Å². The third kappa shape index (κ3) is 2.21. The number of fused-ring (bicyclic) bond motifs is 2. The van der Waals surface area contributed by atoms with Crippen LogP contribution in [0.1, 0.15) is 18.4 Å². The van der Waals surface area contributed by atoms with E-state index in [0.717, 1.165) is 11.1 Å². The van der Waals surface area contributed by atoms with E-state index >= 15 is 0 Å². The van der Waals surface area contributed by atoms with E-state index in [-0.39, 0.29) is 12.5 Å². The molecule has 1 atom stereocenters. The van der Waals surface area contributed by atoms with Crippen molar-refractivity contribution in [2.24, 2.45) is 0 Å². The molecule has 1 aliphatic heterocycles. The number of carbonyl (C=O) groups excluding carboxylic acids is 2. The van der Waals surface area contributed by atoms with Gasteiger partial charge < -0.3 is 15.0 Å². The number of anilines is 1. The zero-order valence-electron chi connectivity index (χ0n) is 12.9. The predicted molar refractivity (Wildman–Crippen MR) is 87.3 cm³/mol. The summed E-state index contributed by atoms with van der Waals surface area (Å²) in [6.07, 6.45) is 3.41. The van der Waals surface area contributed by atoms with Gasteiger partial charge in [-0.1, -0.05) is 0 Å². The maximum Gasteiger partial charge on any atom is 0.323 e. The van der Waals surface area contributed by atoms with Crippen LogP contribution in [-0.4, -0.2) is 33.4 Å². The molecule has 0 aliphatic carbocycles. The Labute approximate surface area is 137 Å². The summed E-state index contributed by atoms with van der Waals surface area (Å²) >= 11 is 0. The normalized spacial score (nSPS) is 16.0. The van der Waals surface area contributed by atoms with Gasteiger partial charge in [0, 0.05) is 29.2 Å². The summed E-state index contributed by atoms with van der Waals surface area (Å²) in [4.78, 5) is 36.0. The molecule has 0 radical (unpaired) electrons. The number of benzene rings is 1. The number of hydrogen-bond acceptors (Lipinski definition) is 5. The van der Waals surface area contributed by atoms with Crippen LogP contribution in [0, 0.1) is 0 Å². The fraction of sp³-hybridized carbons (Fsp3) is 0.176. The van der Waals surface area contributed by atoms with E-state index < -0.39 is 11.9 Å². The molecule has 2 N–H and O–H groups in total. The van der Waals surface area contributed by atoms with Crippen LogP contribution in [0.5, 0.6) is 0 Å². The first-order chi connectivity index (χ1) is 11.7. The van der Waals surface area contributed by atoms with Gasteiger partial charge in [0.2, 0.25) is 5.91 Å². The average Bonchev–Trinajstić information content (AvgIpc) is 3.12. The number of amides is 1. The second kappa shape index (κ2) is 5.45. The van der Waals surface area contributed by atoms with Gasteiger partial charge in [-0.25, -0.2) is 4.98 Å². The molecule has 0 saturated heterocycles. The lowest BCUT2D eigenvalue weighted by Gasteiger charge is -2.07. The van der Waals surface area contributed by atoms with Crippen LogP contribution in [0.3, 0.4) is 0 Å². The quantitative estimate of drug-likeness (QED) is 0.569. The van der Waals surface area contributed by atoms with Crippen molar-refractivity contribution < 1.29 is 14.3 Å². The molecule has 2 aromatic heterocycles. The van der Waals surface area contributed by atoms with Gasteiger partial charge in [-0.05, 0) is 31.2 Å². The molecule has 1 unspecified atom stereocenters. The zero-order valence-corrected chi connectivity index (χ0v) is 12.9. The summed E-state index contributed by atoms with van der Waals surface area (Å²) in [5.74, 6) is -1.18. The molecule has 120 valence electrons. The van der Waals surface area contributed by atoms with Gasteiger partial charge in [-0.3, -0.25) is 14.6 Å². The molecular formula is C17H14N4O3. The molecule has 3 heterocycles. The van der Waals surface area contributed by atoms with Crippen LogP contribution in [0.15, 0.2) is 36.7 Å². The number of ether oxygens (including phenoxy) is 1. The first-order valence-electron chi connectivity index (χ1n) is 7.59. The van der Waals surface area contributed by atoms with Crippen molar-refractivity contribution in [1.82, 2.24) is 15.0 Å². The van der Waals surface area contributed by atoms with Gasteiger partial charge in [0.05, 0.1) is 17.6 Å². The summed E-state index contributed by atoms with van der Waals surface area (Å²) in [6.45, 7) is 1.94. The Morgan fingerprint density at radius 1 is 1.38 bits per heavy atom. The standard InChI is InChI=1S/C17H14N4O3/c1-2-24-17(23)14-10-6-12-13(7-11(10)21-16(14)22)20-15(19-12)9-4-3-5-18-8-9/h3-8,14H,2H2,1H3,(H,19,20)(H,21,22). The SMILES string of the molecule is CCOC(=O)C1C(=O)Nc2cc3[nH]c(-c4cccnc4)nc3cc21. The van der Waals surface area contributed by atoms with E-state index in [9.17, 15) is 9.59 Å². The van der Waals surface area contributed by atoms with Crippen LogP contribution in [0.4, 0.5) is 5.69 Å². The molecule has 1 aliphatic rings. The van der Waals surface area contributed by atoms with Gasteiger partial charge in [-0.15, -0.1) is 0 Å². The molecule has 0 spiro atoms. The van der Waals surface area contributed by atoms with Crippen LogP contribution in [0.25, 0.3) is 22.4 Å². The Hall–Kier alpha value is -3.22. The van der Waals surface area contributed by atoms with Crippen LogP contribution in [0.2, 0.25) is 0 Å². The van der Waals surface area contributed by atoms with Crippen molar-refractivity contribution in [1.29, 1.82) is 0 Å². The molecule has 7 nitrogen and oxygen atoms in total. The van der Waals surface area contributed by atoms with Gasteiger partial charge in [-0.2, -0.15) is 0 Å². The number of aromatic amines is 1. The number of imidazole rings is 1. The first-order valence-corrected chi connectivity index (χ1v) is 7.59. The summed E-state index contributed by atoms with van der Waals surface area (Å²) in [7, 11) is 0. The topological polar surface area (TPSA) is 97.0 Å². The number of H-pyrrole nitrogens is 1. The highest BCUT2D eigenvalue weighted by Crippen LogP contribution is 2.36. The lowest BCUT2D eigenvalue weighted by atomic mass is 10.0. The average molecular weight is 322 g/mol. The first kappa shape index (κ1) is 14.4. The third-order valence-corrected chi connectivity index (χ3v) is 3.94. The molecular weight excluding hydrogens is 308 g/mol. The lowest BCUT2D eigenvalue weighted by molar-refractivity contribution is -0.147. The van der Waals surface area contributed by atoms with Crippen LogP contribution < -0.4 is 5.32 Å².